The SMILES string of the molecule is CC[NH+](CC)CCOC(=O)C[C@@](C)(O)[C@@H]1CCO[C@](C)(CC)C1. The third-order valence-corrected chi connectivity index (χ3v) is 5.44. The molecule has 5 nitrogen and oxygen atoms in total. The summed E-state index contributed by atoms with van der Waals surface area (Å²) in [5, 5.41) is 10.8. The van der Waals surface area contributed by atoms with E-state index in [1.807, 2.05) is 0 Å². The predicted octanol–water partition coefficient (Wildman–Crippen LogP) is 1.19. The fraction of sp³-hybridized carbons (Fsp3) is 0.944. The summed E-state index contributed by atoms with van der Waals surface area (Å²) in [7, 11) is 0. The number of likely N-dealkylation sites (N-methyl/N-ethyl adjacent to an activating group) is 1. The Kier molecular flexibility index (Phi) is 7.98. The van der Waals surface area contributed by atoms with E-state index in [0.29, 0.717) is 13.2 Å². The van der Waals surface area contributed by atoms with Crippen molar-refractivity contribution in [3.05, 3.63) is 0 Å². The van der Waals surface area contributed by atoms with Gasteiger partial charge in [0.25, 0.3) is 0 Å². The minimum absolute atomic E-state index is 0.0606. The molecular weight excluding hydrogens is 294 g/mol. The van der Waals surface area contributed by atoms with Gasteiger partial charge in [0, 0.05) is 6.61 Å². The van der Waals surface area contributed by atoms with Crippen molar-refractivity contribution < 1.29 is 24.3 Å². The first-order valence-electron chi connectivity index (χ1n) is 9.11. The van der Waals surface area contributed by atoms with Gasteiger partial charge in [0.1, 0.15) is 13.2 Å². The summed E-state index contributed by atoms with van der Waals surface area (Å²) < 4.78 is 11.2. The molecule has 1 rings (SSSR count). The molecule has 1 fully saturated rings. The maximum absolute atomic E-state index is 12.1. The van der Waals surface area contributed by atoms with Gasteiger partial charge < -0.3 is 19.5 Å². The summed E-state index contributed by atoms with van der Waals surface area (Å²) in [6.07, 6.45) is 2.55. The van der Waals surface area contributed by atoms with E-state index in [1.54, 1.807) is 6.92 Å². The molecule has 0 saturated carbocycles. The van der Waals surface area contributed by atoms with Crippen LogP contribution in [0.4, 0.5) is 0 Å². The lowest BCUT2D eigenvalue weighted by Crippen LogP contribution is -3.11. The highest BCUT2D eigenvalue weighted by molar-refractivity contribution is 5.70. The number of nitrogens with one attached hydrogen (secondary N) is 1. The average molecular weight is 330 g/mol. The van der Waals surface area contributed by atoms with Crippen molar-refractivity contribution >= 4 is 5.97 Å². The molecule has 3 atom stereocenters. The first-order chi connectivity index (χ1) is 10.8. The molecular formula is C18H36NO4+. The highest BCUT2D eigenvalue weighted by Gasteiger charge is 2.42. The zero-order valence-electron chi connectivity index (χ0n) is 15.6. The Hall–Kier alpha value is -0.650. The van der Waals surface area contributed by atoms with Crippen LogP contribution in [-0.4, -0.2) is 55.1 Å². The standard InChI is InChI=1S/C18H35NO4/c1-6-17(4)13-15(9-11-23-17)18(5,21)14-16(20)22-12-10-19(7-2)8-3/h15,21H,6-14H2,1-5H3/p+1/t15-,17-,18-/m1/s1. The summed E-state index contributed by atoms with van der Waals surface area (Å²) in [5.74, 6) is -0.228. The summed E-state index contributed by atoms with van der Waals surface area (Å²) in [6, 6.07) is 0. The van der Waals surface area contributed by atoms with Gasteiger partial charge in [0.2, 0.25) is 0 Å². The first kappa shape index (κ1) is 20.4. The van der Waals surface area contributed by atoms with Crippen LogP contribution in [0, 0.1) is 5.92 Å². The van der Waals surface area contributed by atoms with Crippen LogP contribution in [0.5, 0.6) is 0 Å². The smallest absolute Gasteiger partial charge is 0.308 e. The molecule has 0 spiro atoms. The zero-order chi connectivity index (χ0) is 17.5. The van der Waals surface area contributed by atoms with Crippen molar-refractivity contribution in [1.29, 1.82) is 0 Å². The highest BCUT2D eigenvalue weighted by Crippen LogP contribution is 2.38. The van der Waals surface area contributed by atoms with Crippen molar-refractivity contribution in [2.24, 2.45) is 5.92 Å². The molecule has 0 aromatic rings. The topological polar surface area (TPSA) is 60.2 Å². The van der Waals surface area contributed by atoms with Crippen LogP contribution >= 0.6 is 0 Å². The third kappa shape index (κ3) is 6.40. The fourth-order valence-electron chi connectivity index (χ4n) is 3.31. The third-order valence-electron chi connectivity index (χ3n) is 5.44. The fourth-order valence-corrected chi connectivity index (χ4v) is 3.31. The molecule has 5 heteroatoms. The van der Waals surface area contributed by atoms with Crippen LogP contribution in [0.1, 0.15) is 60.3 Å². The zero-order valence-corrected chi connectivity index (χ0v) is 15.6. The number of hydrogen-bond donors (Lipinski definition) is 2. The number of carbonyl (C=O) groups is 1. The molecule has 0 aromatic carbocycles. The second kappa shape index (κ2) is 9.00. The van der Waals surface area contributed by atoms with E-state index >= 15 is 0 Å². The van der Waals surface area contributed by atoms with Gasteiger partial charge in [-0.05, 0) is 52.9 Å². The molecule has 1 heterocycles. The van der Waals surface area contributed by atoms with E-state index < -0.39 is 5.60 Å². The molecule has 23 heavy (non-hydrogen) atoms. The van der Waals surface area contributed by atoms with Gasteiger partial charge in [0.05, 0.1) is 30.7 Å². The van der Waals surface area contributed by atoms with Crippen LogP contribution in [0.2, 0.25) is 0 Å². The van der Waals surface area contributed by atoms with Crippen molar-refractivity contribution in [3.8, 4) is 0 Å². The predicted molar refractivity (Wildman–Crippen MR) is 90.5 cm³/mol. The lowest BCUT2D eigenvalue weighted by molar-refractivity contribution is -0.896. The number of quaternary nitrogens is 1. The molecule has 136 valence electrons. The Morgan fingerprint density at radius 1 is 1.39 bits per heavy atom. The summed E-state index contributed by atoms with van der Waals surface area (Å²) in [4.78, 5) is 13.5. The lowest BCUT2D eigenvalue weighted by atomic mass is 9.75. The maximum atomic E-state index is 12.1. The largest absolute Gasteiger partial charge is 0.460 e. The van der Waals surface area contributed by atoms with Crippen LogP contribution < -0.4 is 4.90 Å². The molecule has 1 saturated heterocycles. The van der Waals surface area contributed by atoms with Crippen molar-refractivity contribution in [2.45, 2.75) is 71.5 Å². The van der Waals surface area contributed by atoms with E-state index in [0.717, 1.165) is 38.9 Å². The average Bonchev–Trinajstić information content (AvgIpc) is 2.51. The Labute approximate surface area is 141 Å². The Morgan fingerprint density at radius 3 is 2.61 bits per heavy atom. The number of ether oxygens (including phenoxy) is 2. The van der Waals surface area contributed by atoms with E-state index in [1.165, 1.54) is 4.90 Å². The van der Waals surface area contributed by atoms with Gasteiger partial charge in [-0.15, -0.1) is 0 Å². The second-order valence-corrected chi connectivity index (χ2v) is 7.30. The van der Waals surface area contributed by atoms with Crippen LogP contribution in [0.25, 0.3) is 0 Å². The monoisotopic (exact) mass is 330 g/mol. The number of carbonyl (C=O) groups excluding carboxylic acids is 1. The van der Waals surface area contributed by atoms with Crippen LogP contribution in [0.15, 0.2) is 0 Å². The van der Waals surface area contributed by atoms with E-state index in [2.05, 4.69) is 27.7 Å². The van der Waals surface area contributed by atoms with Crippen molar-refractivity contribution in [3.63, 3.8) is 0 Å². The van der Waals surface area contributed by atoms with Crippen molar-refractivity contribution in [2.75, 3.05) is 32.8 Å². The molecule has 0 aromatic heterocycles. The molecule has 2 N–H and O–H groups in total. The van der Waals surface area contributed by atoms with Gasteiger partial charge in [0.15, 0.2) is 0 Å². The molecule has 1 aliphatic heterocycles. The normalized spacial score (nSPS) is 27.7. The minimum atomic E-state index is -1.03. The Bertz CT molecular complexity index is 368. The summed E-state index contributed by atoms with van der Waals surface area (Å²) in [5.41, 5.74) is -1.22. The van der Waals surface area contributed by atoms with Crippen LogP contribution in [0.3, 0.4) is 0 Å². The maximum Gasteiger partial charge on any atom is 0.308 e. The quantitative estimate of drug-likeness (QED) is 0.624. The van der Waals surface area contributed by atoms with Gasteiger partial charge in [-0.2, -0.15) is 0 Å². The molecule has 1 aliphatic rings. The molecule has 0 unspecified atom stereocenters. The van der Waals surface area contributed by atoms with E-state index in [-0.39, 0.29) is 23.9 Å². The Morgan fingerprint density at radius 2 is 2.04 bits per heavy atom. The number of esters is 1. The minimum Gasteiger partial charge on any atom is -0.460 e. The second-order valence-electron chi connectivity index (χ2n) is 7.30. The molecule has 0 amide bonds. The number of aliphatic hydroxyl groups is 1. The summed E-state index contributed by atoms with van der Waals surface area (Å²) >= 11 is 0. The molecule has 0 bridgehead atoms. The Balaban J connectivity index is 2.45. The molecule has 0 aliphatic carbocycles. The van der Waals surface area contributed by atoms with Crippen molar-refractivity contribution in [1.82, 2.24) is 0 Å². The van der Waals surface area contributed by atoms with Gasteiger partial charge in [-0.25, -0.2) is 0 Å². The number of hydrogen-bond acceptors (Lipinski definition) is 4. The molecule has 0 radical (unpaired) electrons. The van der Waals surface area contributed by atoms with Gasteiger partial charge in [-0.1, -0.05) is 6.92 Å². The van der Waals surface area contributed by atoms with Gasteiger partial charge in [-0.3, -0.25) is 4.79 Å². The lowest BCUT2D eigenvalue weighted by Gasteiger charge is -2.43. The van der Waals surface area contributed by atoms with E-state index in [9.17, 15) is 9.90 Å². The van der Waals surface area contributed by atoms with Crippen LogP contribution in [-0.2, 0) is 14.3 Å². The van der Waals surface area contributed by atoms with Gasteiger partial charge >= 0.3 is 5.97 Å². The summed E-state index contributed by atoms with van der Waals surface area (Å²) in [6.45, 7) is 14.1. The number of rotatable bonds is 9. The first-order valence-corrected chi connectivity index (χ1v) is 9.11. The van der Waals surface area contributed by atoms with E-state index in [4.69, 9.17) is 9.47 Å². The highest BCUT2D eigenvalue weighted by atomic mass is 16.5.